The second-order valence-corrected chi connectivity index (χ2v) is 9.19. The number of hydrogen-bond acceptors (Lipinski definition) is 3. The van der Waals surface area contributed by atoms with Gasteiger partial charge < -0.3 is 19.7 Å². The highest BCUT2D eigenvalue weighted by Gasteiger charge is 2.30. The molecule has 1 aromatic carbocycles. The molecule has 1 aliphatic rings. The molecule has 28 heavy (non-hydrogen) atoms. The molecule has 1 heterocycles. The Kier molecular flexibility index (Phi) is 6.33. The number of carbonyl (C=O) groups is 1. The molecule has 2 aromatic rings. The molecule has 0 atom stereocenters. The summed E-state index contributed by atoms with van der Waals surface area (Å²) in [5.74, 6) is 0.958. The Morgan fingerprint density at radius 1 is 1.21 bits per heavy atom. The number of ether oxygens (including phenoxy) is 1. The number of benzene rings is 1. The Bertz CT molecular complexity index is 811. The topological polar surface area (TPSA) is 63.5 Å². The van der Waals surface area contributed by atoms with E-state index >= 15 is 0 Å². The summed E-state index contributed by atoms with van der Waals surface area (Å²) in [6.45, 7) is 8.16. The molecule has 0 aliphatic heterocycles. The number of carboxylic acid groups (broad SMARTS) is 1. The molecule has 5 nitrogen and oxygen atoms in total. The lowest BCUT2D eigenvalue weighted by Gasteiger charge is -2.36. The highest BCUT2D eigenvalue weighted by molar-refractivity contribution is 5.82. The lowest BCUT2D eigenvalue weighted by atomic mass is 9.72. The molecule has 1 aliphatic carbocycles. The van der Waals surface area contributed by atoms with E-state index in [-0.39, 0.29) is 6.42 Å². The van der Waals surface area contributed by atoms with Crippen LogP contribution in [0.2, 0.25) is 0 Å². The van der Waals surface area contributed by atoms with E-state index in [1.54, 1.807) is 0 Å². The number of nitrogens with one attached hydrogen (secondary N) is 1. The van der Waals surface area contributed by atoms with E-state index in [0.29, 0.717) is 24.6 Å². The first-order valence-electron chi connectivity index (χ1n) is 10.4. The lowest BCUT2D eigenvalue weighted by Crippen LogP contribution is -2.30. The fraction of sp³-hybridized carbons (Fsp3) is 0.609. The maximum Gasteiger partial charge on any atom is 0.304 e. The largest absolute Gasteiger partial charge is 0.490 e. The van der Waals surface area contributed by atoms with Gasteiger partial charge in [0.2, 0.25) is 0 Å². The quantitative estimate of drug-likeness (QED) is 0.676. The molecule has 154 valence electrons. The van der Waals surface area contributed by atoms with Crippen molar-refractivity contribution in [2.75, 3.05) is 6.54 Å². The van der Waals surface area contributed by atoms with Crippen LogP contribution >= 0.6 is 0 Å². The zero-order valence-corrected chi connectivity index (χ0v) is 17.6. The van der Waals surface area contributed by atoms with Gasteiger partial charge in [-0.3, -0.25) is 4.79 Å². The van der Waals surface area contributed by atoms with Gasteiger partial charge in [0, 0.05) is 37.3 Å². The summed E-state index contributed by atoms with van der Waals surface area (Å²) < 4.78 is 8.48. The molecular weight excluding hydrogens is 352 g/mol. The summed E-state index contributed by atoms with van der Waals surface area (Å²) in [6.07, 6.45) is 5.20. The van der Waals surface area contributed by atoms with E-state index < -0.39 is 5.97 Å². The van der Waals surface area contributed by atoms with Gasteiger partial charge in [-0.25, -0.2) is 0 Å². The molecule has 0 spiro atoms. The van der Waals surface area contributed by atoms with Gasteiger partial charge in [-0.1, -0.05) is 20.8 Å². The fourth-order valence-corrected chi connectivity index (χ4v) is 4.26. The van der Waals surface area contributed by atoms with Gasteiger partial charge in [-0.05, 0) is 55.2 Å². The van der Waals surface area contributed by atoms with Crippen molar-refractivity contribution in [3.8, 4) is 5.75 Å². The fourth-order valence-electron chi connectivity index (χ4n) is 4.26. The van der Waals surface area contributed by atoms with E-state index in [1.165, 1.54) is 18.2 Å². The van der Waals surface area contributed by atoms with Gasteiger partial charge in [-0.2, -0.15) is 0 Å². The van der Waals surface area contributed by atoms with Crippen molar-refractivity contribution in [3.05, 3.63) is 30.0 Å². The summed E-state index contributed by atoms with van der Waals surface area (Å²) in [4.78, 5) is 10.6. The third-order valence-corrected chi connectivity index (χ3v) is 6.14. The molecule has 5 heteroatoms. The zero-order valence-electron chi connectivity index (χ0n) is 17.6. The third kappa shape index (κ3) is 5.07. The van der Waals surface area contributed by atoms with Crippen LogP contribution in [0, 0.1) is 11.3 Å². The van der Waals surface area contributed by atoms with Crippen LogP contribution in [0.4, 0.5) is 0 Å². The Labute approximate surface area is 168 Å². The average molecular weight is 387 g/mol. The standard InChI is InChI=1S/C23H34N2O3/c1-23(2,3)17-6-9-19(10-7-17)28-20-8-5-16-13-18(25(4)21(16)14-20)15-24-12-11-22(26)27/h5,8,13-14,17,19,24H,6-7,9-12,15H2,1-4H3,(H,26,27). The normalized spacial score (nSPS) is 20.4. The van der Waals surface area contributed by atoms with Gasteiger partial charge in [0.25, 0.3) is 0 Å². The highest BCUT2D eigenvalue weighted by Crippen LogP contribution is 2.39. The van der Waals surface area contributed by atoms with Crippen LogP contribution in [0.15, 0.2) is 24.3 Å². The first kappa shape index (κ1) is 20.7. The minimum absolute atomic E-state index is 0.138. The maximum atomic E-state index is 10.6. The van der Waals surface area contributed by atoms with Crippen molar-refractivity contribution in [2.45, 2.75) is 65.5 Å². The van der Waals surface area contributed by atoms with E-state index in [9.17, 15) is 4.79 Å². The monoisotopic (exact) mass is 386 g/mol. The Morgan fingerprint density at radius 3 is 2.57 bits per heavy atom. The van der Waals surface area contributed by atoms with Crippen molar-refractivity contribution in [1.82, 2.24) is 9.88 Å². The first-order chi connectivity index (χ1) is 13.2. The summed E-state index contributed by atoms with van der Waals surface area (Å²) in [6, 6.07) is 8.47. The Balaban J connectivity index is 1.61. The van der Waals surface area contributed by atoms with Crippen molar-refractivity contribution in [3.63, 3.8) is 0 Å². The summed E-state index contributed by atoms with van der Waals surface area (Å²) in [7, 11) is 2.05. The number of fused-ring (bicyclic) bond motifs is 1. The van der Waals surface area contributed by atoms with Crippen molar-refractivity contribution in [1.29, 1.82) is 0 Å². The van der Waals surface area contributed by atoms with Crippen LogP contribution in [-0.4, -0.2) is 28.3 Å². The predicted octanol–water partition coefficient (Wildman–Crippen LogP) is 4.73. The lowest BCUT2D eigenvalue weighted by molar-refractivity contribution is -0.136. The van der Waals surface area contributed by atoms with Crippen molar-refractivity contribution < 1.29 is 14.6 Å². The van der Waals surface area contributed by atoms with E-state index in [1.807, 2.05) is 0 Å². The van der Waals surface area contributed by atoms with E-state index in [0.717, 1.165) is 35.7 Å². The molecule has 0 radical (unpaired) electrons. The summed E-state index contributed by atoms with van der Waals surface area (Å²) in [5.41, 5.74) is 2.68. The molecule has 1 aromatic heterocycles. The van der Waals surface area contributed by atoms with Crippen LogP contribution in [-0.2, 0) is 18.4 Å². The number of aliphatic carboxylic acids is 1. The second kappa shape index (κ2) is 8.56. The van der Waals surface area contributed by atoms with Crippen LogP contribution in [0.1, 0.15) is 58.6 Å². The average Bonchev–Trinajstić information content (AvgIpc) is 2.94. The second-order valence-electron chi connectivity index (χ2n) is 9.19. The number of hydrogen-bond donors (Lipinski definition) is 2. The minimum atomic E-state index is -0.775. The molecule has 0 unspecified atom stereocenters. The number of aryl methyl sites for hydroxylation is 1. The number of nitrogens with zero attached hydrogens (tertiary/aromatic N) is 1. The van der Waals surface area contributed by atoms with Crippen molar-refractivity contribution in [2.24, 2.45) is 18.4 Å². The van der Waals surface area contributed by atoms with E-state index in [2.05, 4.69) is 62.0 Å². The molecule has 3 rings (SSSR count). The van der Waals surface area contributed by atoms with Gasteiger partial charge in [0.1, 0.15) is 5.75 Å². The molecule has 1 fully saturated rings. The van der Waals surface area contributed by atoms with E-state index in [4.69, 9.17) is 9.84 Å². The zero-order chi connectivity index (χ0) is 20.3. The molecular formula is C23H34N2O3. The Hall–Kier alpha value is -2.01. The molecule has 0 amide bonds. The van der Waals surface area contributed by atoms with Crippen LogP contribution in [0.3, 0.4) is 0 Å². The number of aromatic nitrogens is 1. The molecule has 0 bridgehead atoms. The van der Waals surface area contributed by atoms with Crippen LogP contribution in [0.5, 0.6) is 5.75 Å². The van der Waals surface area contributed by atoms with Gasteiger partial charge in [0.05, 0.1) is 18.0 Å². The van der Waals surface area contributed by atoms with Crippen LogP contribution < -0.4 is 10.1 Å². The number of carboxylic acids is 1. The predicted molar refractivity (Wildman–Crippen MR) is 113 cm³/mol. The van der Waals surface area contributed by atoms with Crippen LogP contribution in [0.25, 0.3) is 10.9 Å². The summed E-state index contributed by atoms with van der Waals surface area (Å²) >= 11 is 0. The molecule has 1 saturated carbocycles. The SMILES string of the molecule is Cn1c(CNCCC(=O)O)cc2ccc(OC3CCC(C(C)(C)C)CC3)cc21. The van der Waals surface area contributed by atoms with Gasteiger partial charge in [0.15, 0.2) is 0 Å². The third-order valence-electron chi connectivity index (χ3n) is 6.14. The van der Waals surface area contributed by atoms with Gasteiger partial charge >= 0.3 is 5.97 Å². The smallest absolute Gasteiger partial charge is 0.304 e. The number of rotatable bonds is 7. The van der Waals surface area contributed by atoms with Gasteiger partial charge in [-0.15, -0.1) is 0 Å². The molecule has 0 saturated heterocycles. The van der Waals surface area contributed by atoms with Crippen molar-refractivity contribution >= 4 is 16.9 Å². The molecule has 2 N–H and O–H groups in total. The Morgan fingerprint density at radius 2 is 1.93 bits per heavy atom. The first-order valence-corrected chi connectivity index (χ1v) is 10.4. The highest BCUT2D eigenvalue weighted by atomic mass is 16.5. The minimum Gasteiger partial charge on any atom is -0.490 e. The summed E-state index contributed by atoms with van der Waals surface area (Å²) in [5, 5.41) is 13.1. The maximum absolute atomic E-state index is 10.6.